The molecule has 1 saturated heterocycles. The highest BCUT2D eigenvalue weighted by molar-refractivity contribution is 6.30. The Balaban J connectivity index is 2.06. The first-order valence-corrected chi connectivity index (χ1v) is 5.70. The van der Waals surface area contributed by atoms with Crippen LogP contribution in [0.5, 0.6) is 0 Å². The molecule has 0 bridgehead atoms. The van der Waals surface area contributed by atoms with E-state index in [1.165, 1.54) is 0 Å². The third-order valence-electron chi connectivity index (χ3n) is 2.91. The van der Waals surface area contributed by atoms with Gasteiger partial charge < -0.3 is 5.32 Å². The fourth-order valence-corrected chi connectivity index (χ4v) is 2.28. The Bertz CT molecular complexity index is 334. The molecule has 15 heavy (non-hydrogen) atoms. The number of rotatable bonds is 2. The molecule has 82 valence electrons. The van der Waals surface area contributed by atoms with Crippen LogP contribution in [0.1, 0.15) is 18.4 Å². The molecule has 0 aromatic heterocycles. The van der Waals surface area contributed by atoms with Crippen molar-refractivity contribution in [1.29, 1.82) is 0 Å². The third-order valence-corrected chi connectivity index (χ3v) is 3.14. The van der Waals surface area contributed by atoms with Crippen molar-refractivity contribution in [2.45, 2.75) is 24.9 Å². The molecule has 1 heterocycles. The summed E-state index contributed by atoms with van der Waals surface area (Å²) >= 11 is 5.87. The first-order valence-electron chi connectivity index (χ1n) is 5.32. The van der Waals surface area contributed by atoms with E-state index in [0.717, 1.165) is 18.7 Å². The first-order chi connectivity index (χ1) is 7.18. The SMILES string of the molecule is FC1(Cc2cccc(Cl)c2)CCNCC1. The summed E-state index contributed by atoms with van der Waals surface area (Å²) in [7, 11) is 0. The number of piperidine rings is 1. The van der Waals surface area contributed by atoms with Crippen molar-refractivity contribution < 1.29 is 4.39 Å². The van der Waals surface area contributed by atoms with E-state index in [9.17, 15) is 4.39 Å². The van der Waals surface area contributed by atoms with Crippen LogP contribution in [0.25, 0.3) is 0 Å². The molecule has 0 aliphatic carbocycles. The average molecular weight is 228 g/mol. The van der Waals surface area contributed by atoms with Crippen molar-refractivity contribution in [3.63, 3.8) is 0 Å². The molecule has 0 amide bonds. The summed E-state index contributed by atoms with van der Waals surface area (Å²) in [6, 6.07) is 7.49. The molecule has 3 heteroatoms. The van der Waals surface area contributed by atoms with Crippen molar-refractivity contribution >= 4 is 11.6 Å². The van der Waals surface area contributed by atoms with E-state index in [2.05, 4.69) is 5.32 Å². The Hall–Kier alpha value is -0.600. The van der Waals surface area contributed by atoms with Crippen LogP contribution in [0.15, 0.2) is 24.3 Å². The van der Waals surface area contributed by atoms with Crippen molar-refractivity contribution in [2.75, 3.05) is 13.1 Å². The number of hydrogen-bond donors (Lipinski definition) is 1. The van der Waals surface area contributed by atoms with Crippen molar-refractivity contribution in [3.8, 4) is 0 Å². The second-order valence-corrected chi connectivity index (χ2v) is 4.64. The summed E-state index contributed by atoms with van der Waals surface area (Å²) in [6.45, 7) is 1.55. The van der Waals surface area contributed by atoms with E-state index in [4.69, 9.17) is 11.6 Å². The summed E-state index contributed by atoms with van der Waals surface area (Å²) in [6.07, 6.45) is 1.67. The molecule has 1 fully saturated rings. The van der Waals surface area contributed by atoms with Crippen molar-refractivity contribution in [2.24, 2.45) is 0 Å². The molecule has 1 aliphatic rings. The maximum Gasteiger partial charge on any atom is 0.117 e. The Morgan fingerprint density at radius 2 is 2.07 bits per heavy atom. The van der Waals surface area contributed by atoms with Gasteiger partial charge in [0, 0.05) is 11.4 Å². The zero-order valence-corrected chi connectivity index (χ0v) is 9.36. The van der Waals surface area contributed by atoms with Gasteiger partial charge in [0.25, 0.3) is 0 Å². The van der Waals surface area contributed by atoms with Crippen LogP contribution in [0.2, 0.25) is 5.02 Å². The number of benzene rings is 1. The Kier molecular flexibility index (Phi) is 3.27. The fraction of sp³-hybridized carbons (Fsp3) is 0.500. The number of hydrogen-bond acceptors (Lipinski definition) is 1. The van der Waals surface area contributed by atoms with E-state index in [0.29, 0.717) is 24.3 Å². The predicted octanol–water partition coefficient (Wildman–Crippen LogP) is 2.97. The molecule has 1 aromatic rings. The van der Waals surface area contributed by atoms with Gasteiger partial charge in [-0.1, -0.05) is 23.7 Å². The van der Waals surface area contributed by atoms with Crippen LogP contribution >= 0.6 is 11.6 Å². The van der Waals surface area contributed by atoms with Crippen LogP contribution in [0, 0.1) is 0 Å². The van der Waals surface area contributed by atoms with Gasteiger partial charge in [-0.25, -0.2) is 4.39 Å². The summed E-state index contributed by atoms with van der Waals surface area (Å²) < 4.78 is 14.3. The molecule has 1 aromatic carbocycles. The van der Waals surface area contributed by atoms with Crippen LogP contribution in [-0.2, 0) is 6.42 Å². The lowest BCUT2D eigenvalue weighted by atomic mass is 9.88. The summed E-state index contributed by atoms with van der Waals surface area (Å²) in [5.74, 6) is 0. The molecule has 0 radical (unpaired) electrons. The Labute approximate surface area is 94.6 Å². The minimum absolute atomic E-state index is 0.481. The molecule has 0 atom stereocenters. The van der Waals surface area contributed by atoms with Gasteiger partial charge in [0.15, 0.2) is 0 Å². The van der Waals surface area contributed by atoms with E-state index in [1.54, 1.807) is 0 Å². The molecule has 1 N–H and O–H groups in total. The lowest BCUT2D eigenvalue weighted by molar-refractivity contribution is 0.116. The zero-order valence-electron chi connectivity index (χ0n) is 8.60. The normalized spacial score (nSPS) is 20.1. The monoisotopic (exact) mass is 227 g/mol. The van der Waals surface area contributed by atoms with E-state index < -0.39 is 5.67 Å². The summed E-state index contributed by atoms with van der Waals surface area (Å²) in [5, 5.41) is 3.86. The van der Waals surface area contributed by atoms with Gasteiger partial charge in [0.2, 0.25) is 0 Å². The lowest BCUT2D eigenvalue weighted by Crippen LogP contribution is -2.40. The number of halogens is 2. The topological polar surface area (TPSA) is 12.0 Å². The standard InChI is InChI=1S/C12H15ClFN/c13-11-3-1-2-10(8-11)9-12(14)4-6-15-7-5-12/h1-3,8,15H,4-7,9H2. The fourth-order valence-electron chi connectivity index (χ4n) is 2.06. The second kappa shape index (κ2) is 4.50. The van der Waals surface area contributed by atoms with Gasteiger partial charge in [-0.3, -0.25) is 0 Å². The molecule has 1 aliphatic heterocycles. The van der Waals surface area contributed by atoms with Crippen molar-refractivity contribution in [3.05, 3.63) is 34.9 Å². The van der Waals surface area contributed by atoms with Gasteiger partial charge in [-0.15, -0.1) is 0 Å². The van der Waals surface area contributed by atoms with E-state index in [-0.39, 0.29) is 0 Å². The highest BCUT2D eigenvalue weighted by Crippen LogP contribution is 2.28. The molecule has 2 rings (SSSR count). The van der Waals surface area contributed by atoms with E-state index >= 15 is 0 Å². The number of alkyl halides is 1. The molecule has 0 saturated carbocycles. The van der Waals surface area contributed by atoms with Gasteiger partial charge >= 0.3 is 0 Å². The molecular formula is C12H15ClFN. The van der Waals surface area contributed by atoms with Crippen LogP contribution in [0.3, 0.4) is 0 Å². The predicted molar refractivity (Wildman–Crippen MR) is 61.1 cm³/mol. The molecule has 1 nitrogen and oxygen atoms in total. The van der Waals surface area contributed by atoms with Gasteiger partial charge in [0.1, 0.15) is 5.67 Å². The van der Waals surface area contributed by atoms with Crippen LogP contribution < -0.4 is 5.32 Å². The summed E-state index contributed by atoms with van der Waals surface area (Å²) in [4.78, 5) is 0. The highest BCUT2D eigenvalue weighted by Gasteiger charge is 2.31. The lowest BCUT2D eigenvalue weighted by Gasteiger charge is -2.30. The molecule has 0 unspecified atom stereocenters. The minimum atomic E-state index is -1.05. The smallest absolute Gasteiger partial charge is 0.117 e. The highest BCUT2D eigenvalue weighted by atomic mass is 35.5. The van der Waals surface area contributed by atoms with Gasteiger partial charge in [-0.05, 0) is 43.6 Å². The Morgan fingerprint density at radius 1 is 1.33 bits per heavy atom. The first kappa shape index (κ1) is 10.9. The molecular weight excluding hydrogens is 213 g/mol. The summed E-state index contributed by atoms with van der Waals surface area (Å²) in [5.41, 5.74) is -0.0532. The minimum Gasteiger partial charge on any atom is -0.316 e. The van der Waals surface area contributed by atoms with Crippen LogP contribution in [0.4, 0.5) is 4.39 Å². The maximum atomic E-state index is 14.3. The van der Waals surface area contributed by atoms with Crippen molar-refractivity contribution in [1.82, 2.24) is 5.32 Å². The average Bonchev–Trinajstić information content (AvgIpc) is 2.18. The number of nitrogens with one attached hydrogen (secondary N) is 1. The third kappa shape index (κ3) is 2.93. The van der Waals surface area contributed by atoms with Crippen LogP contribution in [-0.4, -0.2) is 18.8 Å². The van der Waals surface area contributed by atoms with Gasteiger partial charge in [0.05, 0.1) is 0 Å². The molecule has 0 spiro atoms. The maximum absolute atomic E-state index is 14.3. The zero-order chi connectivity index (χ0) is 10.7. The van der Waals surface area contributed by atoms with Gasteiger partial charge in [-0.2, -0.15) is 0 Å². The quantitative estimate of drug-likeness (QED) is 0.819. The van der Waals surface area contributed by atoms with E-state index in [1.807, 2.05) is 24.3 Å². The Morgan fingerprint density at radius 3 is 2.73 bits per heavy atom. The second-order valence-electron chi connectivity index (χ2n) is 4.21. The largest absolute Gasteiger partial charge is 0.316 e.